The second-order valence-corrected chi connectivity index (χ2v) is 9.36. The number of nitrogens with one attached hydrogen (secondary N) is 1. The van der Waals surface area contributed by atoms with Crippen LogP contribution in [0.3, 0.4) is 0 Å². The molecule has 6 nitrogen and oxygen atoms in total. The van der Waals surface area contributed by atoms with Gasteiger partial charge in [0.15, 0.2) is 11.5 Å². The molecule has 0 spiro atoms. The topological polar surface area (TPSA) is 90.6 Å². The molecule has 0 saturated carbocycles. The first kappa shape index (κ1) is 23.3. The van der Waals surface area contributed by atoms with Crippen molar-refractivity contribution < 1.29 is 22.3 Å². The molecule has 0 unspecified atom stereocenters. The Labute approximate surface area is 193 Å². The zero-order chi connectivity index (χ0) is 22.6. The van der Waals surface area contributed by atoms with Crippen LogP contribution in [0.25, 0.3) is 0 Å². The van der Waals surface area contributed by atoms with E-state index in [1.165, 1.54) is 31.4 Å². The van der Waals surface area contributed by atoms with Gasteiger partial charge in [0.2, 0.25) is 10.0 Å². The summed E-state index contributed by atoms with van der Waals surface area (Å²) in [6.45, 7) is 0.589. The number of hydrogen-bond donors (Lipinski definition) is 2. The number of sulfonamides is 1. The van der Waals surface area contributed by atoms with Gasteiger partial charge in [-0.1, -0.05) is 33.6 Å². The molecule has 0 amide bonds. The first-order valence-electron chi connectivity index (χ1n) is 8.97. The van der Waals surface area contributed by atoms with Gasteiger partial charge in [-0.3, -0.25) is 0 Å². The Hall–Kier alpha value is -2.33. The molecule has 0 aromatic heterocycles. The molecule has 0 aliphatic heterocycles. The van der Waals surface area contributed by atoms with E-state index in [-0.39, 0.29) is 16.5 Å². The highest BCUT2D eigenvalue weighted by Gasteiger charge is 2.12. The van der Waals surface area contributed by atoms with Crippen LogP contribution in [0, 0.1) is 5.82 Å². The molecule has 3 aromatic carbocycles. The lowest BCUT2D eigenvalue weighted by atomic mass is 10.2. The lowest BCUT2D eigenvalue weighted by Gasteiger charge is -2.15. The minimum Gasteiger partial charge on any atom is -0.493 e. The number of anilines is 1. The molecule has 3 rings (SSSR count). The Morgan fingerprint density at radius 1 is 1.06 bits per heavy atom. The number of methoxy groups -OCH3 is 1. The zero-order valence-corrected chi connectivity index (χ0v) is 19.5. The minimum absolute atomic E-state index is 0.0451. The van der Waals surface area contributed by atoms with Gasteiger partial charge < -0.3 is 14.8 Å². The number of rotatable bonds is 8. The molecule has 0 atom stereocenters. The van der Waals surface area contributed by atoms with Crippen LogP contribution in [-0.4, -0.2) is 15.5 Å². The number of benzene rings is 3. The summed E-state index contributed by atoms with van der Waals surface area (Å²) < 4.78 is 47.9. The van der Waals surface area contributed by atoms with Crippen molar-refractivity contribution in [2.45, 2.75) is 18.0 Å². The minimum atomic E-state index is -3.73. The standard InChI is InChI=1S/C21H19BrClFN2O4S/c1-29-20-8-14(11-26-16-4-6-17(7-5-16)31(25,27)28)18(22)10-21(20)30-12-13-2-3-15(24)9-19(13)23/h2-10,26H,11-12H2,1H3,(H2,25,27,28). The van der Waals surface area contributed by atoms with Gasteiger partial charge in [-0.2, -0.15) is 0 Å². The van der Waals surface area contributed by atoms with Crippen LogP contribution < -0.4 is 19.9 Å². The second kappa shape index (κ2) is 9.86. The highest BCUT2D eigenvalue weighted by molar-refractivity contribution is 9.10. The van der Waals surface area contributed by atoms with Crippen molar-refractivity contribution in [1.82, 2.24) is 0 Å². The second-order valence-electron chi connectivity index (χ2n) is 6.54. The average molecular weight is 530 g/mol. The van der Waals surface area contributed by atoms with Crippen molar-refractivity contribution in [2.24, 2.45) is 5.14 Å². The Morgan fingerprint density at radius 3 is 2.39 bits per heavy atom. The predicted molar refractivity (Wildman–Crippen MR) is 122 cm³/mol. The molecular formula is C21H19BrClFN2O4S. The van der Waals surface area contributed by atoms with Crippen molar-refractivity contribution >= 4 is 43.2 Å². The van der Waals surface area contributed by atoms with E-state index in [0.29, 0.717) is 23.6 Å². The fourth-order valence-corrected chi connectivity index (χ4v) is 3.94. The summed E-state index contributed by atoms with van der Waals surface area (Å²) in [5.41, 5.74) is 2.26. The average Bonchev–Trinajstić information content (AvgIpc) is 2.72. The van der Waals surface area contributed by atoms with Gasteiger partial charge in [-0.15, -0.1) is 0 Å². The van der Waals surface area contributed by atoms with E-state index in [1.807, 2.05) is 6.07 Å². The summed E-state index contributed by atoms with van der Waals surface area (Å²) in [6.07, 6.45) is 0. The van der Waals surface area contributed by atoms with Crippen molar-refractivity contribution in [3.63, 3.8) is 0 Å². The van der Waals surface area contributed by atoms with Crippen LogP contribution in [-0.2, 0) is 23.2 Å². The summed E-state index contributed by atoms with van der Waals surface area (Å²) >= 11 is 9.58. The van der Waals surface area contributed by atoms with Crippen molar-refractivity contribution in [2.75, 3.05) is 12.4 Å². The van der Waals surface area contributed by atoms with Gasteiger partial charge in [0, 0.05) is 22.3 Å². The molecule has 3 aromatic rings. The number of halogens is 3. The van der Waals surface area contributed by atoms with Crippen molar-refractivity contribution in [3.8, 4) is 11.5 Å². The van der Waals surface area contributed by atoms with Gasteiger partial charge in [0.25, 0.3) is 0 Å². The first-order chi connectivity index (χ1) is 14.7. The molecular weight excluding hydrogens is 511 g/mol. The van der Waals surface area contributed by atoms with Crippen LogP contribution in [0.4, 0.5) is 10.1 Å². The van der Waals surface area contributed by atoms with Crippen LogP contribution in [0.5, 0.6) is 11.5 Å². The van der Waals surface area contributed by atoms with Crippen molar-refractivity contribution in [3.05, 3.63) is 81.0 Å². The van der Waals surface area contributed by atoms with E-state index < -0.39 is 15.8 Å². The molecule has 0 heterocycles. The predicted octanol–water partition coefficient (Wildman–Crippen LogP) is 5.09. The van der Waals surface area contributed by atoms with Gasteiger partial charge >= 0.3 is 0 Å². The normalized spacial score (nSPS) is 11.3. The van der Waals surface area contributed by atoms with E-state index in [4.69, 9.17) is 26.2 Å². The maximum atomic E-state index is 13.2. The van der Waals surface area contributed by atoms with E-state index in [0.717, 1.165) is 15.7 Å². The van der Waals surface area contributed by atoms with Crippen molar-refractivity contribution in [1.29, 1.82) is 0 Å². The third-order valence-corrected chi connectivity index (χ3v) is 6.42. The molecule has 0 aliphatic carbocycles. The smallest absolute Gasteiger partial charge is 0.238 e. The largest absolute Gasteiger partial charge is 0.493 e. The number of hydrogen-bond acceptors (Lipinski definition) is 5. The lowest BCUT2D eigenvalue weighted by Crippen LogP contribution is -2.12. The van der Waals surface area contributed by atoms with Gasteiger partial charge in [0.1, 0.15) is 12.4 Å². The van der Waals surface area contributed by atoms with Crippen LogP contribution in [0.2, 0.25) is 5.02 Å². The monoisotopic (exact) mass is 528 g/mol. The fraction of sp³-hybridized carbons (Fsp3) is 0.143. The first-order valence-corrected chi connectivity index (χ1v) is 11.7. The van der Waals surface area contributed by atoms with Crippen LogP contribution in [0.15, 0.2) is 64.0 Å². The number of ether oxygens (including phenoxy) is 2. The summed E-state index contributed by atoms with van der Waals surface area (Å²) in [6, 6.07) is 13.9. The van der Waals surface area contributed by atoms with Crippen LogP contribution in [0.1, 0.15) is 11.1 Å². The van der Waals surface area contributed by atoms with E-state index in [2.05, 4.69) is 21.2 Å². The quantitative estimate of drug-likeness (QED) is 0.424. The molecule has 3 N–H and O–H groups in total. The highest BCUT2D eigenvalue weighted by Crippen LogP contribution is 2.35. The van der Waals surface area contributed by atoms with Gasteiger partial charge in [-0.05, 0) is 54.1 Å². The highest BCUT2D eigenvalue weighted by atomic mass is 79.9. The Kier molecular flexibility index (Phi) is 7.42. The zero-order valence-electron chi connectivity index (χ0n) is 16.4. The van der Waals surface area contributed by atoms with E-state index in [9.17, 15) is 12.8 Å². The molecule has 0 aliphatic rings. The van der Waals surface area contributed by atoms with Gasteiger partial charge in [0.05, 0.1) is 17.0 Å². The Morgan fingerprint density at radius 2 is 1.77 bits per heavy atom. The maximum absolute atomic E-state index is 13.2. The molecule has 0 bridgehead atoms. The molecule has 10 heteroatoms. The maximum Gasteiger partial charge on any atom is 0.238 e. The SMILES string of the molecule is COc1cc(CNc2ccc(S(N)(=O)=O)cc2)c(Br)cc1OCc1ccc(F)cc1Cl. The third-order valence-electron chi connectivity index (χ3n) is 4.40. The third kappa shape index (κ3) is 6.10. The Balaban J connectivity index is 1.71. The van der Waals surface area contributed by atoms with E-state index >= 15 is 0 Å². The summed E-state index contributed by atoms with van der Waals surface area (Å²) in [5, 5.41) is 8.60. The lowest BCUT2D eigenvalue weighted by molar-refractivity contribution is 0.284. The summed E-state index contributed by atoms with van der Waals surface area (Å²) in [7, 11) is -2.20. The van der Waals surface area contributed by atoms with E-state index in [1.54, 1.807) is 24.3 Å². The van der Waals surface area contributed by atoms with Gasteiger partial charge in [-0.25, -0.2) is 17.9 Å². The summed E-state index contributed by atoms with van der Waals surface area (Å²) in [5.74, 6) is 0.601. The molecule has 0 saturated heterocycles. The molecule has 0 fully saturated rings. The fourth-order valence-electron chi connectivity index (χ4n) is 2.74. The number of nitrogens with two attached hydrogens (primary N) is 1. The Bertz CT molecular complexity index is 1190. The number of primary sulfonamides is 1. The molecule has 164 valence electrons. The molecule has 0 radical (unpaired) electrons. The molecule has 31 heavy (non-hydrogen) atoms. The van der Waals surface area contributed by atoms with Crippen LogP contribution >= 0.6 is 27.5 Å². The summed E-state index contributed by atoms with van der Waals surface area (Å²) in [4.78, 5) is 0.0451.